The quantitative estimate of drug-likeness (QED) is 0.330. The molecule has 0 fully saturated rings. The van der Waals surface area contributed by atoms with Crippen molar-refractivity contribution < 1.29 is 4.79 Å². The molecule has 1 heteroatoms. The summed E-state index contributed by atoms with van der Waals surface area (Å²) in [7, 11) is 0. The fourth-order valence-corrected chi connectivity index (χ4v) is 0.737. The average Bonchev–Trinajstić information content (AvgIpc) is 1.89. The number of rotatable bonds is 4. The predicted octanol–water partition coefficient (Wildman–Crippen LogP) is 2.16. The topological polar surface area (TPSA) is 17.1 Å². The summed E-state index contributed by atoms with van der Waals surface area (Å²) >= 11 is 0. The largest absolute Gasteiger partial charge is 0.285 e. The summed E-state index contributed by atoms with van der Waals surface area (Å²) < 4.78 is 0. The van der Waals surface area contributed by atoms with Gasteiger partial charge in [-0.1, -0.05) is 25.7 Å². The minimum absolute atomic E-state index is 0.0796. The molecule has 0 heterocycles. The van der Waals surface area contributed by atoms with Crippen molar-refractivity contribution in [2.45, 2.75) is 39.5 Å². The molecule has 0 aromatic heterocycles. The molecule has 10 heavy (non-hydrogen) atoms. The van der Waals surface area contributed by atoms with Gasteiger partial charge in [-0.3, -0.25) is 4.79 Å². The van der Waals surface area contributed by atoms with E-state index in [1.807, 2.05) is 0 Å². The second-order valence-electron chi connectivity index (χ2n) is 2.26. The number of hydrogen-bond donors (Lipinski definition) is 0. The van der Waals surface area contributed by atoms with Gasteiger partial charge in [-0.2, -0.15) is 0 Å². The van der Waals surface area contributed by atoms with E-state index in [0.29, 0.717) is 6.42 Å². The van der Waals surface area contributed by atoms with E-state index in [-0.39, 0.29) is 5.78 Å². The summed E-state index contributed by atoms with van der Waals surface area (Å²) in [5, 5.41) is 0. The van der Waals surface area contributed by atoms with Gasteiger partial charge in [-0.05, 0) is 19.3 Å². The lowest BCUT2D eigenvalue weighted by Crippen LogP contribution is -1.91. The van der Waals surface area contributed by atoms with Crippen molar-refractivity contribution in [3.05, 3.63) is 0 Å². The van der Waals surface area contributed by atoms with Crippen LogP contribution in [0.1, 0.15) is 39.5 Å². The van der Waals surface area contributed by atoms with Gasteiger partial charge >= 0.3 is 0 Å². The molecule has 0 rings (SSSR count). The van der Waals surface area contributed by atoms with Crippen LogP contribution in [0.4, 0.5) is 0 Å². The van der Waals surface area contributed by atoms with Crippen LogP contribution < -0.4 is 0 Å². The highest BCUT2D eigenvalue weighted by atomic mass is 16.1. The van der Waals surface area contributed by atoms with Crippen LogP contribution in [-0.4, -0.2) is 5.78 Å². The lowest BCUT2D eigenvalue weighted by molar-refractivity contribution is -0.113. The smallest absolute Gasteiger partial charge is 0.205 e. The van der Waals surface area contributed by atoms with Crippen molar-refractivity contribution in [2.24, 2.45) is 0 Å². The zero-order chi connectivity index (χ0) is 7.82. The van der Waals surface area contributed by atoms with Gasteiger partial charge in [0.2, 0.25) is 5.78 Å². The Morgan fingerprint density at radius 3 is 2.60 bits per heavy atom. The fourth-order valence-electron chi connectivity index (χ4n) is 0.737. The van der Waals surface area contributed by atoms with Crippen molar-refractivity contribution in [3.63, 3.8) is 0 Å². The molecule has 0 aliphatic rings. The van der Waals surface area contributed by atoms with Gasteiger partial charge in [0.05, 0.1) is 0 Å². The molecule has 56 valence electrons. The molecule has 0 aliphatic carbocycles. The van der Waals surface area contributed by atoms with Crippen LogP contribution in [0.3, 0.4) is 0 Å². The van der Waals surface area contributed by atoms with Gasteiger partial charge in [-0.25, -0.2) is 0 Å². The Balaban J connectivity index is 3.28. The molecule has 0 aromatic carbocycles. The maximum Gasteiger partial charge on any atom is 0.205 e. The van der Waals surface area contributed by atoms with Crippen molar-refractivity contribution in [1.29, 1.82) is 0 Å². The molecule has 0 spiro atoms. The van der Waals surface area contributed by atoms with E-state index < -0.39 is 0 Å². The second kappa shape index (κ2) is 6.35. The number of carbonyl (C=O) groups is 1. The molecular weight excluding hydrogens is 124 g/mol. The maximum absolute atomic E-state index is 10.7. The summed E-state index contributed by atoms with van der Waals surface area (Å²) in [6.07, 6.45) is 3.92. The van der Waals surface area contributed by atoms with Gasteiger partial charge in [0.15, 0.2) is 0 Å². The monoisotopic (exact) mass is 138 g/mol. The predicted molar refractivity (Wildman–Crippen MR) is 42.6 cm³/mol. The van der Waals surface area contributed by atoms with Crippen LogP contribution in [0, 0.1) is 11.8 Å². The first kappa shape index (κ1) is 9.23. The molecule has 0 aromatic rings. The first-order valence-electron chi connectivity index (χ1n) is 3.76. The molecule has 0 saturated heterocycles. The van der Waals surface area contributed by atoms with Crippen LogP contribution in [0.5, 0.6) is 0 Å². The zero-order valence-electron chi connectivity index (χ0n) is 6.74. The van der Waals surface area contributed by atoms with E-state index in [2.05, 4.69) is 18.8 Å². The SMILES string of the molecule is CC#CC(=O)CCCCC. The molecule has 0 radical (unpaired) electrons. The van der Waals surface area contributed by atoms with E-state index in [1.54, 1.807) is 6.92 Å². The molecule has 0 aliphatic heterocycles. The van der Waals surface area contributed by atoms with Gasteiger partial charge in [0.25, 0.3) is 0 Å². The summed E-state index contributed by atoms with van der Waals surface area (Å²) in [6.45, 7) is 3.81. The van der Waals surface area contributed by atoms with Crippen LogP contribution in [0.2, 0.25) is 0 Å². The van der Waals surface area contributed by atoms with Crippen molar-refractivity contribution in [3.8, 4) is 11.8 Å². The summed E-state index contributed by atoms with van der Waals surface area (Å²) in [4.78, 5) is 10.7. The van der Waals surface area contributed by atoms with Crippen LogP contribution in [-0.2, 0) is 4.79 Å². The lowest BCUT2D eigenvalue weighted by atomic mass is 10.1. The lowest BCUT2D eigenvalue weighted by Gasteiger charge is -1.90. The van der Waals surface area contributed by atoms with Crippen LogP contribution in [0.25, 0.3) is 0 Å². The first-order chi connectivity index (χ1) is 4.81. The van der Waals surface area contributed by atoms with E-state index in [9.17, 15) is 4.79 Å². The Hall–Kier alpha value is -0.770. The Morgan fingerprint density at radius 2 is 2.10 bits per heavy atom. The molecule has 0 bridgehead atoms. The Kier molecular flexibility index (Phi) is 5.86. The minimum atomic E-state index is 0.0796. The first-order valence-corrected chi connectivity index (χ1v) is 3.76. The number of hydrogen-bond acceptors (Lipinski definition) is 1. The third-order valence-electron chi connectivity index (χ3n) is 1.27. The van der Waals surface area contributed by atoms with E-state index in [0.717, 1.165) is 19.3 Å². The van der Waals surface area contributed by atoms with E-state index in [1.165, 1.54) is 0 Å². The van der Waals surface area contributed by atoms with Gasteiger partial charge in [-0.15, -0.1) is 0 Å². The minimum Gasteiger partial charge on any atom is -0.285 e. The summed E-state index contributed by atoms with van der Waals surface area (Å²) in [5.74, 6) is 5.19. The van der Waals surface area contributed by atoms with Gasteiger partial charge in [0.1, 0.15) is 0 Å². The molecule has 0 unspecified atom stereocenters. The standard InChI is InChI=1S/C9H14O/c1-3-5-6-8-9(10)7-4-2/h3,5-6,8H2,1-2H3. The molecule has 1 nitrogen and oxygen atoms in total. The molecule has 0 atom stereocenters. The Labute approximate surface area is 62.8 Å². The molecule has 0 N–H and O–H groups in total. The highest BCUT2D eigenvalue weighted by molar-refractivity contribution is 5.95. The number of unbranched alkanes of at least 4 members (excludes halogenated alkanes) is 2. The fraction of sp³-hybridized carbons (Fsp3) is 0.667. The zero-order valence-corrected chi connectivity index (χ0v) is 6.74. The summed E-state index contributed by atoms with van der Waals surface area (Å²) in [5.41, 5.74) is 0. The van der Waals surface area contributed by atoms with Gasteiger partial charge < -0.3 is 0 Å². The number of Topliss-reactive ketones (excluding diaryl/α,β-unsaturated/α-hetero) is 1. The third-order valence-corrected chi connectivity index (χ3v) is 1.27. The summed E-state index contributed by atoms with van der Waals surface area (Å²) in [6, 6.07) is 0. The van der Waals surface area contributed by atoms with Crippen molar-refractivity contribution in [2.75, 3.05) is 0 Å². The highest BCUT2D eigenvalue weighted by Gasteiger charge is 1.93. The van der Waals surface area contributed by atoms with Crippen LogP contribution in [0.15, 0.2) is 0 Å². The molecule has 0 saturated carbocycles. The number of ketones is 1. The Bertz CT molecular complexity index is 148. The van der Waals surface area contributed by atoms with Crippen molar-refractivity contribution >= 4 is 5.78 Å². The van der Waals surface area contributed by atoms with E-state index in [4.69, 9.17) is 0 Å². The normalized spacial score (nSPS) is 8.20. The van der Waals surface area contributed by atoms with Crippen molar-refractivity contribution in [1.82, 2.24) is 0 Å². The molecular formula is C9H14O. The second-order valence-corrected chi connectivity index (χ2v) is 2.26. The van der Waals surface area contributed by atoms with E-state index >= 15 is 0 Å². The number of carbonyl (C=O) groups excluding carboxylic acids is 1. The van der Waals surface area contributed by atoms with Gasteiger partial charge in [0, 0.05) is 6.42 Å². The Morgan fingerprint density at radius 1 is 1.40 bits per heavy atom. The highest BCUT2D eigenvalue weighted by Crippen LogP contribution is 1.98. The maximum atomic E-state index is 10.7. The van der Waals surface area contributed by atoms with Crippen LogP contribution >= 0.6 is 0 Å². The third kappa shape index (κ3) is 5.37. The average molecular weight is 138 g/mol. The molecule has 0 amide bonds.